The Hall–Kier alpha value is -0.460. The summed E-state index contributed by atoms with van der Waals surface area (Å²) in [5.74, 6) is 1.21. The summed E-state index contributed by atoms with van der Waals surface area (Å²) in [6.45, 7) is 0.495. The minimum Gasteiger partial charge on any atom is -1.00 e. The molecule has 2 N–H and O–H groups in total. The van der Waals surface area contributed by atoms with Gasteiger partial charge in [0.05, 0.1) is 0 Å². The summed E-state index contributed by atoms with van der Waals surface area (Å²) in [6, 6.07) is 5.40. The maximum absolute atomic E-state index is 6.07. The predicted molar refractivity (Wildman–Crippen MR) is 73.1 cm³/mol. The summed E-state index contributed by atoms with van der Waals surface area (Å²) < 4.78 is 5.40. The molecule has 104 valence electrons. The zero-order valence-electron chi connectivity index (χ0n) is 9.78. The number of nitrogens with two attached hydrogens (primary N) is 1. The quantitative estimate of drug-likeness (QED) is 0.787. The third-order valence-corrected chi connectivity index (χ3v) is 3.63. The Morgan fingerprint density at radius 2 is 2.05 bits per heavy atom. The van der Waals surface area contributed by atoms with Crippen LogP contribution in [0.5, 0.6) is 0 Å². The fourth-order valence-electron chi connectivity index (χ4n) is 1.30. The van der Waals surface area contributed by atoms with Crippen molar-refractivity contribution in [3.8, 4) is 0 Å². The average molecular weight is 340 g/mol. The molecule has 0 spiro atoms. The molecule has 0 bridgehead atoms. The lowest BCUT2D eigenvalue weighted by Gasteiger charge is -2.02. The topological polar surface area (TPSA) is 64.9 Å². The first-order valence-corrected chi connectivity index (χ1v) is 7.02. The van der Waals surface area contributed by atoms with Crippen LogP contribution in [0, 0.1) is 0 Å². The lowest BCUT2D eigenvalue weighted by molar-refractivity contribution is -0.00000430. The molecule has 0 fully saturated rings. The second-order valence-electron chi connectivity index (χ2n) is 3.52. The van der Waals surface area contributed by atoms with Gasteiger partial charge in [-0.25, -0.2) is 0 Å². The first-order valence-electron chi connectivity index (χ1n) is 5.28. The van der Waals surface area contributed by atoms with Gasteiger partial charge in [-0.15, -0.1) is 10.2 Å². The molecule has 0 aliphatic heterocycles. The molecule has 1 aromatic heterocycles. The molecule has 0 radical (unpaired) electrons. The predicted octanol–water partition coefficient (Wildman–Crippen LogP) is 0.174. The Morgan fingerprint density at radius 1 is 1.26 bits per heavy atom. The Balaban J connectivity index is 0.00000180. The van der Waals surface area contributed by atoms with E-state index in [0.29, 0.717) is 39.9 Å². The monoisotopic (exact) mass is 338 g/mol. The van der Waals surface area contributed by atoms with E-state index >= 15 is 0 Å². The van der Waals surface area contributed by atoms with Crippen molar-refractivity contribution < 1.29 is 16.8 Å². The van der Waals surface area contributed by atoms with E-state index in [1.807, 2.05) is 6.07 Å². The summed E-state index contributed by atoms with van der Waals surface area (Å²) in [6.07, 6.45) is 0.593. The van der Waals surface area contributed by atoms with Crippen molar-refractivity contribution >= 4 is 35.0 Å². The minimum absolute atomic E-state index is 0. The summed E-state index contributed by atoms with van der Waals surface area (Å²) in [4.78, 5) is 0. The van der Waals surface area contributed by atoms with Crippen LogP contribution < -0.4 is 18.1 Å². The molecule has 19 heavy (non-hydrogen) atoms. The number of benzene rings is 1. The molecule has 0 amide bonds. The molecule has 4 nitrogen and oxygen atoms in total. The van der Waals surface area contributed by atoms with E-state index in [-0.39, 0.29) is 12.4 Å². The van der Waals surface area contributed by atoms with Gasteiger partial charge in [0.25, 0.3) is 5.22 Å². The zero-order chi connectivity index (χ0) is 13.0. The first kappa shape index (κ1) is 16.6. The van der Waals surface area contributed by atoms with E-state index in [1.165, 1.54) is 11.8 Å². The molecule has 0 unspecified atom stereocenters. The molecule has 2 aromatic rings. The van der Waals surface area contributed by atoms with Crippen molar-refractivity contribution in [3.63, 3.8) is 0 Å². The number of aromatic nitrogens is 2. The van der Waals surface area contributed by atoms with E-state index in [1.54, 1.807) is 12.1 Å². The first-order chi connectivity index (χ1) is 8.69. The fraction of sp³-hybridized carbons (Fsp3) is 0.273. The van der Waals surface area contributed by atoms with Gasteiger partial charge in [-0.1, -0.05) is 41.0 Å². The minimum atomic E-state index is 0. The maximum atomic E-state index is 6.07. The van der Waals surface area contributed by atoms with E-state index in [2.05, 4.69) is 10.2 Å². The van der Waals surface area contributed by atoms with Crippen LogP contribution in [0.2, 0.25) is 10.0 Å². The van der Waals surface area contributed by atoms with Crippen molar-refractivity contribution in [2.24, 2.45) is 5.73 Å². The van der Waals surface area contributed by atoms with Crippen LogP contribution >= 0.6 is 35.0 Å². The van der Waals surface area contributed by atoms with Crippen LogP contribution in [0.1, 0.15) is 11.5 Å². The number of hydrogen-bond donors (Lipinski definition) is 1. The maximum Gasteiger partial charge on any atom is 0.276 e. The molecular weight excluding hydrogens is 329 g/mol. The number of nitrogens with zero attached hydrogens (tertiary/aromatic N) is 2. The lowest BCUT2D eigenvalue weighted by atomic mass is 10.2. The van der Waals surface area contributed by atoms with Crippen molar-refractivity contribution in [2.75, 3.05) is 6.54 Å². The third kappa shape index (κ3) is 4.85. The molecule has 0 atom stereocenters. The van der Waals surface area contributed by atoms with Crippen LogP contribution in [0.4, 0.5) is 0 Å². The van der Waals surface area contributed by atoms with Gasteiger partial charge in [0, 0.05) is 28.8 Å². The normalized spacial score (nSPS) is 10.3. The highest BCUT2D eigenvalue weighted by molar-refractivity contribution is 7.98. The van der Waals surface area contributed by atoms with Crippen LogP contribution in [-0.2, 0) is 12.2 Å². The molecular formula is C11H11Cl3N3OS-. The van der Waals surface area contributed by atoms with E-state index in [4.69, 9.17) is 33.4 Å². The van der Waals surface area contributed by atoms with Crippen molar-refractivity contribution in [1.29, 1.82) is 0 Å². The molecule has 2 rings (SSSR count). The summed E-state index contributed by atoms with van der Waals surface area (Å²) >= 11 is 13.3. The summed E-state index contributed by atoms with van der Waals surface area (Å²) in [5, 5.41) is 9.58. The highest BCUT2D eigenvalue weighted by Gasteiger charge is 2.08. The van der Waals surface area contributed by atoms with Crippen LogP contribution in [-0.4, -0.2) is 16.7 Å². The smallest absolute Gasteiger partial charge is 0.276 e. The second-order valence-corrected chi connectivity index (χ2v) is 5.30. The molecule has 0 saturated heterocycles. The number of halogens is 3. The van der Waals surface area contributed by atoms with Crippen molar-refractivity contribution in [2.45, 2.75) is 17.4 Å². The van der Waals surface area contributed by atoms with Gasteiger partial charge in [-0.3, -0.25) is 0 Å². The van der Waals surface area contributed by atoms with Gasteiger partial charge in [-0.05, 0) is 17.7 Å². The highest BCUT2D eigenvalue weighted by Crippen LogP contribution is 2.27. The molecule has 1 aromatic carbocycles. The fourth-order valence-corrected chi connectivity index (χ4v) is 2.64. The van der Waals surface area contributed by atoms with Gasteiger partial charge < -0.3 is 22.6 Å². The van der Waals surface area contributed by atoms with Crippen molar-refractivity contribution in [1.82, 2.24) is 10.2 Å². The molecule has 0 aliphatic carbocycles. The van der Waals surface area contributed by atoms with Gasteiger partial charge >= 0.3 is 0 Å². The van der Waals surface area contributed by atoms with Gasteiger partial charge in [0.1, 0.15) is 0 Å². The number of rotatable bonds is 5. The standard InChI is InChI=1S/C11H11Cl2N3OS.ClH/c12-8-2-1-7(9(13)5-8)6-18-11-16-15-10(17-11)3-4-14;/h1-2,5H,3-4,6,14H2;1H/p-1. The molecule has 8 heteroatoms. The van der Waals surface area contributed by atoms with Gasteiger partial charge in [0.2, 0.25) is 5.89 Å². The lowest BCUT2D eigenvalue weighted by Crippen LogP contribution is -3.00. The molecule has 0 saturated carbocycles. The van der Waals surface area contributed by atoms with Crippen molar-refractivity contribution in [3.05, 3.63) is 39.7 Å². The van der Waals surface area contributed by atoms with E-state index in [0.717, 1.165) is 5.56 Å². The van der Waals surface area contributed by atoms with Crippen LogP contribution in [0.15, 0.2) is 27.8 Å². The Labute approximate surface area is 131 Å². The Morgan fingerprint density at radius 3 is 2.74 bits per heavy atom. The zero-order valence-corrected chi connectivity index (χ0v) is 12.9. The van der Waals surface area contributed by atoms with E-state index in [9.17, 15) is 0 Å². The highest BCUT2D eigenvalue weighted by atomic mass is 35.5. The Kier molecular flexibility index (Phi) is 6.96. The largest absolute Gasteiger partial charge is 1.00 e. The van der Waals surface area contributed by atoms with Crippen LogP contribution in [0.3, 0.4) is 0 Å². The molecule has 0 aliphatic rings. The van der Waals surface area contributed by atoms with Gasteiger partial charge in [0.15, 0.2) is 0 Å². The van der Waals surface area contributed by atoms with Gasteiger partial charge in [-0.2, -0.15) is 0 Å². The summed E-state index contributed by atoms with van der Waals surface area (Å²) in [7, 11) is 0. The second kappa shape index (κ2) is 7.97. The van der Waals surface area contributed by atoms with Crippen LogP contribution in [0.25, 0.3) is 0 Å². The SMILES string of the molecule is NCCc1nnc(SCc2ccc(Cl)cc2Cl)o1.[Cl-]. The average Bonchev–Trinajstić information content (AvgIpc) is 2.76. The number of thioether (sulfide) groups is 1. The van der Waals surface area contributed by atoms with E-state index < -0.39 is 0 Å². The number of hydrogen-bond acceptors (Lipinski definition) is 5. The third-order valence-electron chi connectivity index (χ3n) is 2.17. The Bertz CT molecular complexity index is 536. The summed E-state index contributed by atoms with van der Waals surface area (Å²) in [5.41, 5.74) is 6.38. The molecule has 1 heterocycles.